The second-order valence-corrected chi connectivity index (χ2v) is 9.65. The Morgan fingerprint density at radius 1 is 1.00 bits per heavy atom. The van der Waals surface area contributed by atoms with Crippen LogP contribution >= 0.6 is 27.3 Å². The van der Waals surface area contributed by atoms with E-state index in [2.05, 4.69) is 26.7 Å². The Morgan fingerprint density at radius 2 is 1.77 bits per heavy atom. The number of rotatable bonds is 3. The van der Waals surface area contributed by atoms with E-state index in [0.29, 0.717) is 9.90 Å². The SMILES string of the molecule is O=S(=O)(Nc1ccc2c3c(cccc13)CC2)c1ccc(Br)s1. The van der Waals surface area contributed by atoms with Gasteiger partial charge in [-0.25, -0.2) is 8.42 Å². The Hall–Kier alpha value is -1.37. The van der Waals surface area contributed by atoms with Gasteiger partial charge in [-0.2, -0.15) is 0 Å². The van der Waals surface area contributed by atoms with Crippen LogP contribution < -0.4 is 4.72 Å². The number of hydrogen-bond acceptors (Lipinski definition) is 3. The minimum atomic E-state index is -3.55. The molecule has 0 spiro atoms. The van der Waals surface area contributed by atoms with Crippen LogP contribution in [-0.4, -0.2) is 8.42 Å². The maximum absolute atomic E-state index is 12.5. The summed E-state index contributed by atoms with van der Waals surface area (Å²) in [6.45, 7) is 0. The van der Waals surface area contributed by atoms with Gasteiger partial charge in [0.05, 0.1) is 9.47 Å². The first-order valence-electron chi connectivity index (χ1n) is 6.86. The third-order valence-electron chi connectivity index (χ3n) is 3.93. The number of aryl methyl sites for hydroxylation is 2. The van der Waals surface area contributed by atoms with Gasteiger partial charge >= 0.3 is 0 Å². The maximum atomic E-state index is 12.5. The summed E-state index contributed by atoms with van der Waals surface area (Å²) in [5, 5.41) is 2.18. The van der Waals surface area contributed by atoms with Crippen LogP contribution in [0.15, 0.2) is 50.5 Å². The summed E-state index contributed by atoms with van der Waals surface area (Å²) in [5.41, 5.74) is 3.24. The molecule has 0 radical (unpaired) electrons. The molecule has 0 unspecified atom stereocenters. The second-order valence-electron chi connectivity index (χ2n) is 5.28. The Labute approximate surface area is 141 Å². The van der Waals surface area contributed by atoms with Crippen molar-refractivity contribution in [2.45, 2.75) is 17.1 Å². The summed E-state index contributed by atoms with van der Waals surface area (Å²) in [6, 6.07) is 13.3. The zero-order chi connectivity index (χ0) is 15.3. The first-order chi connectivity index (χ1) is 10.5. The third-order valence-corrected chi connectivity index (χ3v) is 7.42. The summed E-state index contributed by atoms with van der Waals surface area (Å²) in [6.07, 6.45) is 2.06. The molecule has 0 amide bonds. The molecule has 0 aliphatic heterocycles. The lowest BCUT2D eigenvalue weighted by Crippen LogP contribution is -2.11. The molecule has 6 heteroatoms. The number of hydrogen-bond donors (Lipinski definition) is 1. The number of thiophene rings is 1. The molecule has 1 heterocycles. The van der Waals surface area contributed by atoms with Crippen LogP contribution in [0.1, 0.15) is 11.1 Å². The Balaban J connectivity index is 1.83. The normalized spacial score (nSPS) is 13.7. The van der Waals surface area contributed by atoms with Crippen molar-refractivity contribution in [1.29, 1.82) is 0 Å². The van der Waals surface area contributed by atoms with E-state index in [1.54, 1.807) is 12.1 Å². The van der Waals surface area contributed by atoms with Crippen molar-refractivity contribution in [1.82, 2.24) is 0 Å². The van der Waals surface area contributed by atoms with Crippen molar-refractivity contribution in [3.63, 3.8) is 0 Å². The number of halogens is 1. The van der Waals surface area contributed by atoms with E-state index in [-0.39, 0.29) is 0 Å². The van der Waals surface area contributed by atoms with E-state index >= 15 is 0 Å². The summed E-state index contributed by atoms with van der Waals surface area (Å²) >= 11 is 4.51. The summed E-state index contributed by atoms with van der Waals surface area (Å²) in [7, 11) is -3.55. The van der Waals surface area contributed by atoms with E-state index in [1.807, 2.05) is 24.3 Å². The van der Waals surface area contributed by atoms with E-state index < -0.39 is 10.0 Å². The van der Waals surface area contributed by atoms with Crippen molar-refractivity contribution in [2.24, 2.45) is 0 Å². The molecule has 1 aliphatic carbocycles. The fourth-order valence-corrected chi connectivity index (χ4v) is 6.06. The van der Waals surface area contributed by atoms with E-state index in [9.17, 15) is 8.42 Å². The molecule has 0 atom stereocenters. The molecule has 1 aromatic heterocycles. The lowest BCUT2D eigenvalue weighted by molar-refractivity contribution is 0.603. The highest BCUT2D eigenvalue weighted by Crippen LogP contribution is 2.36. The summed E-state index contributed by atoms with van der Waals surface area (Å²) in [4.78, 5) is 0. The molecule has 0 saturated carbocycles. The summed E-state index contributed by atoms with van der Waals surface area (Å²) < 4.78 is 28.9. The Kier molecular flexibility index (Phi) is 3.29. The minimum Gasteiger partial charge on any atom is -0.278 e. The molecule has 2 aromatic carbocycles. The number of nitrogens with one attached hydrogen (secondary N) is 1. The highest BCUT2D eigenvalue weighted by atomic mass is 79.9. The smallest absolute Gasteiger partial charge is 0.271 e. The van der Waals surface area contributed by atoms with Crippen molar-refractivity contribution in [3.8, 4) is 0 Å². The van der Waals surface area contributed by atoms with E-state index in [1.165, 1.54) is 27.8 Å². The van der Waals surface area contributed by atoms with Gasteiger partial charge in [0.2, 0.25) is 0 Å². The van der Waals surface area contributed by atoms with Gasteiger partial charge in [0.25, 0.3) is 10.0 Å². The van der Waals surface area contributed by atoms with Crippen LogP contribution in [0.2, 0.25) is 0 Å². The molecule has 112 valence electrons. The molecular weight excluding hydrogens is 382 g/mol. The topological polar surface area (TPSA) is 46.2 Å². The van der Waals surface area contributed by atoms with Crippen LogP contribution in [0, 0.1) is 0 Å². The van der Waals surface area contributed by atoms with E-state index in [4.69, 9.17) is 0 Å². The second kappa shape index (κ2) is 5.08. The predicted molar refractivity (Wildman–Crippen MR) is 94.2 cm³/mol. The van der Waals surface area contributed by atoms with Crippen molar-refractivity contribution < 1.29 is 8.42 Å². The van der Waals surface area contributed by atoms with Gasteiger partial charge in [0.15, 0.2) is 0 Å². The van der Waals surface area contributed by atoms with Gasteiger partial charge in [-0.15, -0.1) is 11.3 Å². The predicted octanol–water partition coefficient (Wildman–Crippen LogP) is 4.56. The molecule has 0 bridgehead atoms. The first-order valence-corrected chi connectivity index (χ1v) is 9.95. The van der Waals surface area contributed by atoms with Crippen LogP contribution in [0.25, 0.3) is 10.8 Å². The van der Waals surface area contributed by atoms with Crippen molar-refractivity contribution in [3.05, 3.63) is 57.4 Å². The Bertz CT molecular complexity index is 982. The average Bonchev–Trinajstić information content (AvgIpc) is 3.10. The Morgan fingerprint density at radius 3 is 2.50 bits per heavy atom. The van der Waals surface area contributed by atoms with Crippen LogP contribution in [0.3, 0.4) is 0 Å². The van der Waals surface area contributed by atoms with Gasteiger partial charge in [-0.1, -0.05) is 24.3 Å². The fourth-order valence-electron chi connectivity index (χ4n) is 2.97. The molecule has 4 rings (SSSR count). The van der Waals surface area contributed by atoms with Crippen LogP contribution in [0.5, 0.6) is 0 Å². The van der Waals surface area contributed by atoms with Gasteiger partial charge < -0.3 is 0 Å². The van der Waals surface area contributed by atoms with Gasteiger partial charge in [-0.3, -0.25) is 4.72 Å². The monoisotopic (exact) mass is 393 g/mol. The third kappa shape index (κ3) is 2.26. The van der Waals surface area contributed by atoms with Gasteiger partial charge in [0.1, 0.15) is 4.21 Å². The average molecular weight is 394 g/mol. The lowest BCUT2D eigenvalue weighted by Gasteiger charge is -2.11. The lowest BCUT2D eigenvalue weighted by atomic mass is 10.0. The van der Waals surface area contributed by atoms with Crippen LogP contribution in [0.4, 0.5) is 5.69 Å². The first kappa shape index (κ1) is 14.2. The van der Waals surface area contributed by atoms with Gasteiger partial charge in [0, 0.05) is 5.39 Å². The molecule has 3 nitrogen and oxygen atoms in total. The molecule has 1 aliphatic rings. The molecule has 0 fully saturated rings. The van der Waals surface area contributed by atoms with Gasteiger partial charge in [-0.05, 0) is 63.5 Å². The quantitative estimate of drug-likeness (QED) is 0.708. The number of benzene rings is 2. The zero-order valence-electron chi connectivity index (χ0n) is 11.5. The molecule has 1 N–H and O–H groups in total. The molecule has 3 aromatic rings. The standard InChI is InChI=1S/C16H12BrNO2S2/c17-14-8-9-15(21-14)22(19,20)18-13-7-6-11-5-4-10-2-1-3-12(13)16(10)11/h1-3,6-9,18H,4-5H2. The minimum absolute atomic E-state index is 0.308. The highest BCUT2D eigenvalue weighted by Gasteiger charge is 2.20. The fraction of sp³-hybridized carbons (Fsp3) is 0.125. The van der Waals surface area contributed by atoms with Crippen molar-refractivity contribution >= 4 is 53.7 Å². The number of anilines is 1. The summed E-state index contributed by atoms with van der Waals surface area (Å²) in [5.74, 6) is 0. The van der Waals surface area contributed by atoms with Crippen molar-refractivity contribution in [2.75, 3.05) is 4.72 Å². The highest BCUT2D eigenvalue weighted by molar-refractivity contribution is 9.11. The number of sulfonamides is 1. The van der Waals surface area contributed by atoms with Crippen LogP contribution in [-0.2, 0) is 22.9 Å². The molecular formula is C16H12BrNO2S2. The molecule has 22 heavy (non-hydrogen) atoms. The molecule has 0 saturated heterocycles. The zero-order valence-corrected chi connectivity index (χ0v) is 14.7. The van der Waals surface area contributed by atoms with E-state index in [0.717, 1.165) is 22.0 Å². The maximum Gasteiger partial charge on any atom is 0.271 e. The largest absolute Gasteiger partial charge is 0.278 e.